The number of amides is 1. The third-order valence-corrected chi connectivity index (χ3v) is 2.17. The Hall–Kier alpha value is -2.44. The van der Waals surface area contributed by atoms with E-state index in [1.165, 1.54) is 12.1 Å². The van der Waals surface area contributed by atoms with E-state index in [1.807, 2.05) is 0 Å². The predicted molar refractivity (Wildman–Crippen MR) is 62.5 cm³/mol. The summed E-state index contributed by atoms with van der Waals surface area (Å²) in [5.74, 6) is -2.80. The smallest absolute Gasteiger partial charge is 0.329 e. The van der Waals surface area contributed by atoms with Crippen LogP contribution in [0.25, 0.3) is 0 Å². The van der Waals surface area contributed by atoms with Gasteiger partial charge in [0, 0.05) is 12.5 Å². The van der Waals surface area contributed by atoms with Crippen LogP contribution < -0.4 is 10.1 Å². The number of nitrogens with one attached hydrogen (secondary N) is 1. The average molecular weight is 269 g/mol. The molecule has 1 rings (SSSR count). The first-order valence-electron chi connectivity index (χ1n) is 5.31. The van der Waals surface area contributed by atoms with Crippen molar-refractivity contribution < 1.29 is 28.6 Å². The van der Waals surface area contributed by atoms with Gasteiger partial charge in [0.2, 0.25) is 5.91 Å². The topological polar surface area (TPSA) is 92.7 Å². The van der Waals surface area contributed by atoms with E-state index in [0.29, 0.717) is 6.29 Å². The highest BCUT2D eigenvalue weighted by Gasteiger charge is 2.19. The van der Waals surface area contributed by atoms with Gasteiger partial charge in [0.1, 0.15) is 12.9 Å². The summed E-state index contributed by atoms with van der Waals surface area (Å²) in [6, 6.07) is 2.24. The molecule has 0 radical (unpaired) electrons. The molecule has 1 atom stereocenters. The number of halogens is 1. The number of aliphatic carboxylic acids is 1. The molecule has 19 heavy (non-hydrogen) atoms. The maximum absolute atomic E-state index is 13.4. The van der Waals surface area contributed by atoms with Crippen LogP contribution in [0.4, 0.5) is 4.39 Å². The van der Waals surface area contributed by atoms with E-state index in [-0.39, 0.29) is 11.3 Å². The first kappa shape index (κ1) is 14.6. The maximum atomic E-state index is 13.4. The number of hydrogen-bond acceptors (Lipinski definition) is 4. The Morgan fingerprint density at radius 1 is 1.53 bits per heavy atom. The van der Waals surface area contributed by atoms with Crippen molar-refractivity contribution in [3.8, 4) is 5.75 Å². The number of hydrogen-bond donors (Lipinski definition) is 2. The van der Waals surface area contributed by atoms with E-state index < -0.39 is 30.3 Å². The molecule has 102 valence electrons. The molecule has 0 bridgehead atoms. The van der Waals surface area contributed by atoms with E-state index in [4.69, 9.17) is 9.84 Å². The third-order valence-electron chi connectivity index (χ3n) is 2.17. The van der Waals surface area contributed by atoms with E-state index in [9.17, 15) is 18.8 Å². The van der Waals surface area contributed by atoms with Gasteiger partial charge < -0.3 is 15.2 Å². The van der Waals surface area contributed by atoms with Crippen LogP contribution in [-0.2, 0) is 9.59 Å². The SMILES string of the molecule is CC(=O)NC(COc1ccc(C=O)cc1F)C(=O)O. The van der Waals surface area contributed by atoms with Crippen LogP contribution in [0.15, 0.2) is 18.2 Å². The largest absolute Gasteiger partial charge is 0.488 e. The van der Waals surface area contributed by atoms with E-state index >= 15 is 0 Å². The average Bonchev–Trinajstić information content (AvgIpc) is 2.34. The van der Waals surface area contributed by atoms with Gasteiger partial charge in [-0.05, 0) is 18.2 Å². The monoisotopic (exact) mass is 269 g/mol. The molecule has 0 heterocycles. The molecular weight excluding hydrogens is 257 g/mol. The van der Waals surface area contributed by atoms with Crippen LogP contribution in [0.2, 0.25) is 0 Å². The minimum absolute atomic E-state index is 0.140. The molecule has 0 aliphatic rings. The molecule has 0 fully saturated rings. The van der Waals surface area contributed by atoms with Gasteiger partial charge in [-0.1, -0.05) is 0 Å². The molecule has 1 aromatic rings. The number of ether oxygens (including phenoxy) is 1. The first-order chi connectivity index (χ1) is 8.93. The molecule has 0 spiro atoms. The molecule has 6 nitrogen and oxygen atoms in total. The number of aldehydes is 1. The van der Waals surface area contributed by atoms with Gasteiger partial charge in [0.25, 0.3) is 0 Å². The van der Waals surface area contributed by atoms with Crippen molar-refractivity contribution in [2.45, 2.75) is 13.0 Å². The molecule has 0 aliphatic carbocycles. The summed E-state index contributed by atoms with van der Waals surface area (Å²) in [4.78, 5) is 32.0. The molecule has 0 aromatic heterocycles. The highest BCUT2D eigenvalue weighted by atomic mass is 19.1. The second kappa shape index (κ2) is 6.48. The normalized spacial score (nSPS) is 11.5. The van der Waals surface area contributed by atoms with Gasteiger partial charge in [-0.2, -0.15) is 0 Å². The lowest BCUT2D eigenvalue weighted by molar-refractivity contribution is -0.142. The summed E-state index contributed by atoms with van der Waals surface area (Å²) >= 11 is 0. The molecule has 2 N–H and O–H groups in total. The van der Waals surface area contributed by atoms with Crippen molar-refractivity contribution in [2.24, 2.45) is 0 Å². The Labute approximate surface area is 108 Å². The van der Waals surface area contributed by atoms with Crippen molar-refractivity contribution in [2.75, 3.05) is 6.61 Å². The van der Waals surface area contributed by atoms with Crippen molar-refractivity contribution in [3.05, 3.63) is 29.6 Å². The zero-order valence-corrected chi connectivity index (χ0v) is 10.1. The highest BCUT2D eigenvalue weighted by molar-refractivity contribution is 5.82. The van der Waals surface area contributed by atoms with Crippen LogP contribution in [0.3, 0.4) is 0 Å². The van der Waals surface area contributed by atoms with E-state index in [0.717, 1.165) is 13.0 Å². The summed E-state index contributed by atoms with van der Waals surface area (Å²) < 4.78 is 18.4. The fraction of sp³-hybridized carbons (Fsp3) is 0.250. The fourth-order valence-corrected chi connectivity index (χ4v) is 1.30. The Morgan fingerprint density at radius 2 is 2.21 bits per heavy atom. The van der Waals surface area contributed by atoms with Gasteiger partial charge in [-0.25, -0.2) is 9.18 Å². The molecule has 1 unspecified atom stereocenters. The molecule has 0 aliphatic heterocycles. The Kier molecular flexibility index (Phi) is 4.99. The van der Waals surface area contributed by atoms with Crippen LogP contribution in [-0.4, -0.2) is 35.9 Å². The number of benzene rings is 1. The number of carbonyl (C=O) groups is 3. The summed E-state index contributed by atoms with van der Waals surface area (Å²) in [6.07, 6.45) is 0.476. The van der Waals surface area contributed by atoms with Gasteiger partial charge in [-0.3, -0.25) is 9.59 Å². The van der Waals surface area contributed by atoms with Crippen LogP contribution in [0, 0.1) is 5.82 Å². The number of carboxylic acids is 1. The van der Waals surface area contributed by atoms with Crippen LogP contribution >= 0.6 is 0 Å². The fourth-order valence-electron chi connectivity index (χ4n) is 1.30. The Balaban J connectivity index is 2.71. The lowest BCUT2D eigenvalue weighted by atomic mass is 10.2. The van der Waals surface area contributed by atoms with Gasteiger partial charge in [-0.15, -0.1) is 0 Å². The minimum Gasteiger partial charge on any atom is -0.488 e. The van der Waals surface area contributed by atoms with Gasteiger partial charge >= 0.3 is 5.97 Å². The Bertz CT molecular complexity index is 503. The summed E-state index contributed by atoms with van der Waals surface area (Å²) in [6.45, 7) is 0.738. The van der Waals surface area contributed by atoms with Crippen molar-refractivity contribution in [3.63, 3.8) is 0 Å². The molecule has 1 amide bonds. The second-order valence-corrected chi connectivity index (χ2v) is 3.71. The maximum Gasteiger partial charge on any atom is 0.329 e. The predicted octanol–water partition coefficient (Wildman–Crippen LogP) is 0.606. The number of carboxylic acid groups (broad SMARTS) is 1. The second-order valence-electron chi connectivity index (χ2n) is 3.71. The third kappa shape index (κ3) is 4.38. The molecule has 0 saturated heterocycles. The first-order valence-corrected chi connectivity index (χ1v) is 5.31. The lowest BCUT2D eigenvalue weighted by Gasteiger charge is -2.14. The zero-order valence-electron chi connectivity index (χ0n) is 10.1. The zero-order chi connectivity index (χ0) is 14.4. The van der Waals surface area contributed by atoms with Gasteiger partial charge in [0.15, 0.2) is 17.6 Å². The molecule has 7 heteroatoms. The minimum atomic E-state index is -1.29. The van der Waals surface area contributed by atoms with Crippen molar-refractivity contribution >= 4 is 18.2 Å². The highest BCUT2D eigenvalue weighted by Crippen LogP contribution is 2.17. The molecular formula is C12H12FNO5. The van der Waals surface area contributed by atoms with E-state index in [1.54, 1.807) is 0 Å². The Morgan fingerprint density at radius 3 is 2.68 bits per heavy atom. The van der Waals surface area contributed by atoms with Crippen LogP contribution in [0.5, 0.6) is 5.75 Å². The number of rotatable bonds is 6. The van der Waals surface area contributed by atoms with Crippen LogP contribution in [0.1, 0.15) is 17.3 Å². The quantitative estimate of drug-likeness (QED) is 0.738. The summed E-state index contributed by atoms with van der Waals surface area (Å²) in [7, 11) is 0. The van der Waals surface area contributed by atoms with Gasteiger partial charge in [0.05, 0.1) is 0 Å². The van der Waals surface area contributed by atoms with E-state index in [2.05, 4.69) is 5.32 Å². The molecule has 1 aromatic carbocycles. The van der Waals surface area contributed by atoms with Crippen molar-refractivity contribution in [1.29, 1.82) is 0 Å². The molecule has 0 saturated carbocycles. The lowest BCUT2D eigenvalue weighted by Crippen LogP contribution is -2.43. The summed E-state index contributed by atoms with van der Waals surface area (Å²) in [5, 5.41) is 11.0. The summed E-state index contributed by atoms with van der Waals surface area (Å²) in [5.41, 5.74) is 0.140. The number of carbonyl (C=O) groups excluding carboxylic acids is 2. The van der Waals surface area contributed by atoms with Crippen molar-refractivity contribution in [1.82, 2.24) is 5.32 Å². The standard InChI is InChI=1S/C12H12FNO5/c1-7(16)14-10(12(17)18)6-19-11-3-2-8(5-15)4-9(11)13/h2-5,10H,6H2,1H3,(H,14,16)(H,17,18).